The molecule has 3 aromatic rings. The molecule has 2 N–H and O–H groups in total. The number of benzene rings is 3. The van der Waals surface area contributed by atoms with E-state index in [1.165, 1.54) is 0 Å². The topological polar surface area (TPSA) is 92.4 Å². The maximum Gasteiger partial charge on any atom is 0.411 e. The number of amides is 2. The normalized spacial score (nSPS) is 23.6. The minimum atomic E-state index is -1.82. The average Bonchev–Trinajstić information content (AvgIpc) is 3.79. The first-order valence-corrected chi connectivity index (χ1v) is 19.8. The maximum absolute atomic E-state index is 13.2. The van der Waals surface area contributed by atoms with Crippen LogP contribution in [-0.2, 0) is 31.7 Å². The van der Waals surface area contributed by atoms with Crippen molar-refractivity contribution >= 4 is 31.7 Å². The fraction of sp³-hybridized carbons (Fsp3) is 0.474. The van der Waals surface area contributed by atoms with Crippen LogP contribution in [0.3, 0.4) is 0 Å². The third-order valence-electron chi connectivity index (χ3n) is 10.6. The van der Waals surface area contributed by atoms with Crippen LogP contribution in [0.5, 0.6) is 0 Å². The number of hydrogen-bond donors (Lipinski definition) is 2. The summed E-state index contributed by atoms with van der Waals surface area (Å²) in [6.45, 7) is 11.8. The van der Waals surface area contributed by atoms with Crippen LogP contribution in [0.1, 0.15) is 57.6 Å². The summed E-state index contributed by atoms with van der Waals surface area (Å²) in [5.41, 5.74) is 5.59. The first kappa shape index (κ1) is 33.4. The number of morpholine rings is 1. The number of fused-ring (bicyclic) bond motifs is 5. The van der Waals surface area contributed by atoms with Gasteiger partial charge in [-0.2, -0.15) is 0 Å². The number of aryl methyl sites for hydroxylation is 1. The number of epoxide rings is 1. The Labute approximate surface area is 280 Å². The minimum Gasteiger partial charge on any atom is -0.446 e. The predicted octanol–water partition coefficient (Wildman–Crippen LogP) is 8.00. The summed E-state index contributed by atoms with van der Waals surface area (Å²) in [6.07, 6.45) is 3.41. The van der Waals surface area contributed by atoms with Gasteiger partial charge in [0.2, 0.25) is 5.91 Å². The molecule has 3 aliphatic rings. The molecule has 0 spiro atoms. The molecule has 5 atom stereocenters. The first-order chi connectivity index (χ1) is 22.4. The van der Waals surface area contributed by atoms with E-state index < -0.39 is 14.4 Å². The van der Waals surface area contributed by atoms with Crippen LogP contribution in [-0.4, -0.2) is 62.7 Å². The number of nitrogens with one attached hydrogen (secondary N) is 2. The van der Waals surface area contributed by atoms with Crippen molar-refractivity contribution in [3.05, 3.63) is 83.9 Å². The zero-order valence-corrected chi connectivity index (χ0v) is 29.5. The molecule has 2 amide bonds. The number of carbonyl (C=O) groups is 2. The molecule has 3 fully saturated rings. The van der Waals surface area contributed by atoms with E-state index in [1.807, 2.05) is 66.7 Å². The van der Waals surface area contributed by atoms with Crippen LogP contribution in [0.25, 0.3) is 11.1 Å². The van der Waals surface area contributed by atoms with Gasteiger partial charge < -0.3 is 19.2 Å². The molecule has 8 nitrogen and oxygen atoms in total. The Kier molecular flexibility index (Phi) is 9.63. The van der Waals surface area contributed by atoms with Crippen molar-refractivity contribution in [1.29, 1.82) is 0 Å². The number of ether oxygens (including phenoxy) is 2. The molecule has 3 aromatic carbocycles. The molecule has 3 heterocycles. The van der Waals surface area contributed by atoms with Gasteiger partial charge in [-0.15, -0.1) is 0 Å². The number of hydrogen-bond acceptors (Lipinski definition) is 6. The molecule has 0 saturated carbocycles. The Morgan fingerprint density at radius 1 is 0.915 bits per heavy atom. The highest BCUT2D eigenvalue weighted by Gasteiger charge is 2.62. The van der Waals surface area contributed by atoms with Crippen LogP contribution in [0, 0.1) is 0 Å². The molecule has 9 heteroatoms. The molecule has 3 saturated heterocycles. The van der Waals surface area contributed by atoms with Gasteiger partial charge in [-0.25, -0.2) is 4.79 Å². The lowest BCUT2D eigenvalue weighted by molar-refractivity contribution is -0.116. The van der Waals surface area contributed by atoms with E-state index in [-0.39, 0.29) is 17.0 Å². The van der Waals surface area contributed by atoms with Gasteiger partial charge in [0.15, 0.2) is 8.32 Å². The van der Waals surface area contributed by atoms with Crippen LogP contribution in [0.15, 0.2) is 72.8 Å². The Morgan fingerprint density at radius 3 is 2.23 bits per heavy atom. The van der Waals surface area contributed by atoms with E-state index in [9.17, 15) is 9.59 Å². The predicted molar refractivity (Wildman–Crippen MR) is 189 cm³/mol. The van der Waals surface area contributed by atoms with E-state index in [4.69, 9.17) is 13.9 Å². The monoisotopic (exact) mass is 655 g/mol. The molecule has 0 aromatic heterocycles. The molecular formula is C38H49N3O5Si. The summed E-state index contributed by atoms with van der Waals surface area (Å²) >= 11 is 0. The molecular weight excluding hydrogens is 607 g/mol. The Morgan fingerprint density at radius 2 is 1.57 bits per heavy atom. The Balaban J connectivity index is 1.02. The van der Waals surface area contributed by atoms with Crippen LogP contribution in [0.4, 0.5) is 16.2 Å². The zero-order valence-electron chi connectivity index (χ0n) is 28.5. The lowest BCUT2D eigenvalue weighted by atomic mass is 9.99. The minimum absolute atomic E-state index is 0.0202. The highest BCUT2D eigenvalue weighted by atomic mass is 28.4. The van der Waals surface area contributed by atoms with Gasteiger partial charge >= 0.3 is 6.09 Å². The van der Waals surface area contributed by atoms with Gasteiger partial charge in [0.1, 0.15) is 18.3 Å². The van der Waals surface area contributed by atoms with Crippen LogP contribution in [0.2, 0.25) is 18.1 Å². The molecule has 0 unspecified atom stereocenters. The first-order valence-electron chi connectivity index (χ1n) is 16.9. The fourth-order valence-corrected chi connectivity index (χ4v) is 7.61. The molecule has 250 valence electrons. The number of carbonyl (C=O) groups excluding carboxylic acids is 2. The van der Waals surface area contributed by atoms with E-state index in [2.05, 4.69) is 62.5 Å². The number of likely N-dealkylation sites (N-methyl/N-ethyl adjacent to an activating group) is 1. The lowest BCUT2D eigenvalue weighted by Gasteiger charge is -2.37. The van der Waals surface area contributed by atoms with Crippen molar-refractivity contribution in [3.8, 4) is 11.1 Å². The van der Waals surface area contributed by atoms with E-state index in [1.54, 1.807) is 0 Å². The second kappa shape index (κ2) is 13.5. The smallest absolute Gasteiger partial charge is 0.411 e. The molecule has 6 rings (SSSR count). The largest absolute Gasteiger partial charge is 0.446 e. The molecule has 0 radical (unpaired) electrons. The second-order valence-electron chi connectivity index (χ2n) is 14.9. The van der Waals surface area contributed by atoms with Crippen molar-refractivity contribution < 1.29 is 23.5 Å². The standard InChI is InChI=1S/C38H49N3O5Si/c1-38(2,3)47(5,6)44-24-26-15-18-28(19-16-26)39-34(42)14-10-11-25-17-20-30(27-12-8-7-9-13-27)31(21-25)40-37(43)45-29-22-32-35-36(46-35)33(23-29)41(32)4/h7-9,12-13,15-21,29,32-33,35-36H,10-11,14,22-24H2,1-6H3,(H,39,42)(H,40,43)/t29-,32-,33+,35-,36+. The Bertz CT molecular complexity index is 1550. The third-order valence-corrected chi connectivity index (χ3v) is 15.0. The van der Waals surface area contributed by atoms with Crippen molar-refractivity contribution in [2.45, 2.75) is 108 Å². The van der Waals surface area contributed by atoms with Crippen molar-refractivity contribution in [2.24, 2.45) is 0 Å². The molecule has 3 aliphatic heterocycles. The maximum atomic E-state index is 13.2. The van der Waals surface area contributed by atoms with Crippen molar-refractivity contribution in [1.82, 2.24) is 4.90 Å². The average molecular weight is 656 g/mol. The number of nitrogens with zero attached hydrogens (tertiary/aromatic N) is 1. The van der Waals surface area contributed by atoms with Gasteiger partial charge in [-0.3, -0.25) is 15.0 Å². The molecule has 0 aliphatic carbocycles. The summed E-state index contributed by atoms with van der Waals surface area (Å²) in [5, 5.41) is 6.24. The lowest BCUT2D eigenvalue weighted by Crippen LogP contribution is -2.48. The molecule has 2 bridgehead atoms. The van der Waals surface area contributed by atoms with E-state index in [0.29, 0.717) is 55.8 Å². The van der Waals surface area contributed by atoms with Crippen LogP contribution >= 0.6 is 0 Å². The second-order valence-corrected chi connectivity index (χ2v) is 19.7. The summed E-state index contributed by atoms with van der Waals surface area (Å²) in [6, 6.07) is 24.7. The SMILES string of the molecule is CN1[C@@H]2C[C@@H](OC(=O)Nc3cc(CCCC(=O)Nc4ccc(CO[Si](C)(C)C(C)(C)C)cc4)ccc3-c3ccccc3)C[C@H]1[C@@H]1O[C@@H]12. The number of piperidine rings is 1. The summed E-state index contributed by atoms with van der Waals surface area (Å²) < 4.78 is 18.1. The van der Waals surface area contributed by atoms with Gasteiger partial charge in [0.25, 0.3) is 0 Å². The quantitative estimate of drug-likeness (QED) is 0.161. The highest BCUT2D eigenvalue weighted by Crippen LogP contribution is 2.48. The van der Waals surface area contributed by atoms with E-state index in [0.717, 1.165) is 40.8 Å². The van der Waals surface area contributed by atoms with Gasteiger partial charge in [-0.05, 0) is 72.9 Å². The number of anilines is 2. The van der Waals surface area contributed by atoms with Crippen LogP contribution < -0.4 is 10.6 Å². The van der Waals surface area contributed by atoms with Gasteiger partial charge in [-0.1, -0.05) is 75.4 Å². The summed E-state index contributed by atoms with van der Waals surface area (Å²) in [4.78, 5) is 28.3. The third kappa shape index (κ3) is 7.80. The zero-order chi connectivity index (χ0) is 33.3. The van der Waals surface area contributed by atoms with Crippen molar-refractivity contribution in [3.63, 3.8) is 0 Å². The fourth-order valence-electron chi connectivity index (χ4n) is 6.65. The highest BCUT2D eigenvalue weighted by molar-refractivity contribution is 6.74. The Hall–Kier alpha value is -3.50. The van der Waals surface area contributed by atoms with Gasteiger partial charge in [0, 0.05) is 42.6 Å². The van der Waals surface area contributed by atoms with Crippen molar-refractivity contribution in [2.75, 3.05) is 17.7 Å². The molecule has 47 heavy (non-hydrogen) atoms. The summed E-state index contributed by atoms with van der Waals surface area (Å²) in [7, 11) is 0.326. The summed E-state index contributed by atoms with van der Waals surface area (Å²) in [5.74, 6) is -0.0202. The van der Waals surface area contributed by atoms with Gasteiger partial charge in [0.05, 0.1) is 12.3 Å². The number of rotatable bonds is 11. The van der Waals surface area contributed by atoms with E-state index >= 15 is 0 Å².